The second kappa shape index (κ2) is 7.32. The number of nitrogens with zero attached hydrogens (tertiary/aromatic N) is 4. The van der Waals surface area contributed by atoms with Gasteiger partial charge in [-0.05, 0) is 31.2 Å². The number of nitrogens with two attached hydrogens (primary N) is 1. The van der Waals surface area contributed by atoms with E-state index < -0.39 is 0 Å². The van der Waals surface area contributed by atoms with Gasteiger partial charge in [-0.2, -0.15) is 4.98 Å². The number of carbonyl (C=O) groups excluding carboxylic acids is 1. The van der Waals surface area contributed by atoms with Crippen LogP contribution in [0.4, 0.5) is 0 Å². The molecule has 3 aromatic heterocycles. The molecule has 4 heterocycles. The van der Waals surface area contributed by atoms with Crippen molar-refractivity contribution in [3.05, 3.63) is 54.1 Å². The second-order valence-electron chi connectivity index (χ2n) is 6.77. The van der Waals surface area contributed by atoms with Crippen LogP contribution in [0.15, 0.2) is 45.6 Å². The van der Waals surface area contributed by atoms with Crippen LogP contribution < -0.4 is 5.73 Å². The quantitative estimate of drug-likeness (QED) is 0.733. The minimum Gasteiger partial charge on any atom is -0.466 e. The number of furan rings is 1. The van der Waals surface area contributed by atoms with Crippen LogP contribution in [0.5, 0.6) is 0 Å². The lowest BCUT2D eigenvalue weighted by Gasteiger charge is -2.15. The molecule has 1 amide bonds. The summed E-state index contributed by atoms with van der Waals surface area (Å²) in [4.78, 5) is 22.7. The Morgan fingerprint density at radius 2 is 2.22 bits per heavy atom. The van der Waals surface area contributed by atoms with Crippen molar-refractivity contribution in [2.75, 3.05) is 13.1 Å². The Bertz CT molecular complexity index is 920. The summed E-state index contributed by atoms with van der Waals surface area (Å²) in [7, 11) is 0. The molecule has 2 atom stereocenters. The van der Waals surface area contributed by atoms with Gasteiger partial charge in [-0.25, -0.2) is 0 Å². The van der Waals surface area contributed by atoms with E-state index in [1.165, 1.54) is 0 Å². The number of hydrogen-bond donors (Lipinski definition) is 1. The van der Waals surface area contributed by atoms with Crippen molar-refractivity contribution < 1.29 is 13.7 Å². The van der Waals surface area contributed by atoms with Crippen molar-refractivity contribution in [1.29, 1.82) is 0 Å². The maximum absolute atomic E-state index is 12.6. The van der Waals surface area contributed by atoms with Crippen LogP contribution in [-0.4, -0.2) is 45.1 Å². The highest BCUT2D eigenvalue weighted by Crippen LogP contribution is 2.28. The molecule has 0 radical (unpaired) electrons. The number of amides is 1. The fourth-order valence-electron chi connectivity index (χ4n) is 3.33. The van der Waals surface area contributed by atoms with Crippen molar-refractivity contribution in [3.63, 3.8) is 0 Å². The van der Waals surface area contributed by atoms with Crippen molar-refractivity contribution in [2.24, 2.45) is 5.73 Å². The number of rotatable bonds is 5. The number of carbonyl (C=O) groups is 1. The minimum atomic E-state index is -0.125. The molecule has 0 aromatic carbocycles. The van der Waals surface area contributed by atoms with Gasteiger partial charge in [0.05, 0.1) is 5.92 Å². The Morgan fingerprint density at radius 3 is 2.96 bits per heavy atom. The maximum atomic E-state index is 12.6. The summed E-state index contributed by atoms with van der Waals surface area (Å²) >= 11 is 0. The van der Waals surface area contributed by atoms with Crippen LogP contribution in [0, 0.1) is 6.92 Å². The number of hydrogen-bond acceptors (Lipinski definition) is 7. The summed E-state index contributed by atoms with van der Waals surface area (Å²) in [6.07, 6.45) is 4.04. The molecule has 3 aromatic rings. The van der Waals surface area contributed by atoms with E-state index in [9.17, 15) is 4.79 Å². The van der Waals surface area contributed by atoms with E-state index in [0.29, 0.717) is 37.6 Å². The Morgan fingerprint density at radius 1 is 1.33 bits per heavy atom. The van der Waals surface area contributed by atoms with Crippen LogP contribution in [0.3, 0.4) is 0 Å². The average molecular weight is 367 g/mol. The molecular formula is C19H21N5O3. The van der Waals surface area contributed by atoms with Crippen LogP contribution in [0.1, 0.15) is 29.7 Å². The molecule has 8 heteroatoms. The van der Waals surface area contributed by atoms with Crippen LogP contribution in [0.25, 0.3) is 11.4 Å². The first-order valence-electron chi connectivity index (χ1n) is 8.93. The second-order valence-corrected chi connectivity index (χ2v) is 6.77. The van der Waals surface area contributed by atoms with Gasteiger partial charge in [0.1, 0.15) is 11.5 Å². The zero-order chi connectivity index (χ0) is 18.8. The van der Waals surface area contributed by atoms with Crippen molar-refractivity contribution >= 4 is 5.91 Å². The summed E-state index contributed by atoms with van der Waals surface area (Å²) in [5.41, 5.74) is 7.00. The topological polar surface area (TPSA) is 111 Å². The summed E-state index contributed by atoms with van der Waals surface area (Å²) < 4.78 is 10.9. The van der Waals surface area contributed by atoms with Crippen LogP contribution in [0.2, 0.25) is 0 Å². The van der Waals surface area contributed by atoms with E-state index in [2.05, 4.69) is 15.1 Å². The molecule has 8 nitrogen and oxygen atoms in total. The molecule has 1 fully saturated rings. The molecule has 1 saturated heterocycles. The fourth-order valence-corrected chi connectivity index (χ4v) is 3.33. The van der Waals surface area contributed by atoms with E-state index >= 15 is 0 Å². The minimum absolute atomic E-state index is 0.0253. The van der Waals surface area contributed by atoms with Gasteiger partial charge in [-0.15, -0.1) is 0 Å². The Labute approximate surface area is 156 Å². The molecular weight excluding hydrogens is 346 g/mol. The largest absolute Gasteiger partial charge is 0.466 e. The van der Waals surface area contributed by atoms with E-state index in [1.54, 1.807) is 17.3 Å². The molecule has 0 unspecified atom stereocenters. The predicted molar refractivity (Wildman–Crippen MR) is 96.6 cm³/mol. The molecule has 140 valence electrons. The maximum Gasteiger partial charge on any atom is 0.227 e. The molecule has 0 spiro atoms. The first-order valence-corrected chi connectivity index (χ1v) is 8.93. The van der Waals surface area contributed by atoms with Gasteiger partial charge >= 0.3 is 0 Å². The van der Waals surface area contributed by atoms with Crippen LogP contribution in [-0.2, 0) is 11.2 Å². The highest BCUT2D eigenvalue weighted by molar-refractivity contribution is 5.77. The third-order valence-corrected chi connectivity index (χ3v) is 4.78. The molecule has 0 bridgehead atoms. The molecule has 27 heavy (non-hydrogen) atoms. The van der Waals surface area contributed by atoms with Crippen molar-refractivity contribution in [3.8, 4) is 11.4 Å². The van der Waals surface area contributed by atoms with Gasteiger partial charge in [-0.3, -0.25) is 9.78 Å². The average Bonchev–Trinajstić information content (AvgIpc) is 3.40. The molecule has 1 aliphatic rings. The lowest BCUT2D eigenvalue weighted by atomic mass is 10.0. The molecule has 0 saturated carbocycles. The monoisotopic (exact) mass is 367 g/mol. The summed E-state index contributed by atoms with van der Waals surface area (Å²) in [6.45, 7) is 2.99. The van der Waals surface area contributed by atoms with Gasteiger partial charge in [0.15, 0.2) is 0 Å². The molecule has 0 aliphatic carbocycles. The zero-order valence-electron chi connectivity index (χ0n) is 15.0. The van der Waals surface area contributed by atoms with Crippen LogP contribution >= 0.6 is 0 Å². The van der Waals surface area contributed by atoms with Gasteiger partial charge in [-0.1, -0.05) is 5.16 Å². The molecule has 1 aliphatic heterocycles. The smallest absolute Gasteiger partial charge is 0.227 e. The van der Waals surface area contributed by atoms with Crippen molar-refractivity contribution in [1.82, 2.24) is 20.0 Å². The first kappa shape index (κ1) is 17.4. The van der Waals surface area contributed by atoms with Gasteiger partial charge in [0.2, 0.25) is 17.6 Å². The number of likely N-dealkylation sites (tertiary alicyclic amines) is 1. The molecule has 4 rings (SSSR count). The summed E-state index contributed by atoms with van der Waals surface area (Å²) in [6, 6.07) is 7.39. The van der Waals surface area contributed by atoms with Gasteiger partial charge in [0.25, 0.3) is 0 Å². The van der Waals surface area contributed by atoms with E-state index in [0.717, 1.165) is 17.1 Å². The Balaban J connectivity index is 1.34. The number of pyridine rings is 1. The Hall–Kier alpha value is -3.00. The predicted octanol–water partition coefficient (Wildman–Crippen LogP) is 1.92. The lowest BCUT2D eigenvalue weighted by molar-refractivity contribution is -0.130. The summed E-state index contributed by atoms with van der Waals surface area (Å²) in [5, 5.41) is 3.94. The third kappa shape index (κ3) is 3.75. The highest BCUT2D eigenvalue weighted by atomic mass is 16.5. The number of aromatic nitrogens is 3. The fraction of sp³-hybridized carbons (Fsp3) is 0.368. The molecule has 2 N–H and O–H groups in total. The lowest BCUT2D eigenvalue weighted by Crippen LogP contribution is -2.32. The zero-order valence-corrected chi connectivity index (χ0v) is 15.0. The Kier molecular flexibility index (Phi) is 4.72. The first-order chi connectivity index (χ1) is 13.1. The van der Waals surface area contributed by atoms with E-state index in [-0.39, 0.29) is 17.9 Å². The SMILES string of the molecule is Cc1ccc([C@@H]2CN(C(=O)CCc3nc(-c4cccnc4)no3)C[C@H]2N)o1. The highest BCUT2D eigenvalue weighted by Gasteiger charge is 2.35. The summed E-state index contributed by atoms with van der Waals surface area (Å²) in [5.74, 6) is 2.66. The van der Waals surface area contributed by atoms with Crippen molar-refractivity contribution in [2.45, 2.75) is 31.7 Å². The van der Waals surface area contributed by atoms with Gasteiger partial charge in [0, 0.05) is 49.9 Å². The normalized spacial score (nSPS) is 19.6. The van der Waals surface area contributed by atoms with E-state index in [4.69, 9.17) is 14.7 Å². The standard InChI is InChI=1S/C19H21N5O3/c1-12-4-5-16(26-12)14-10-24(11-15(14)20)18(25)7-6-17-22-19(23-27-17)13-3-2-8-21-9-13/h2-5,8-9,14-15H,6-7,10-11,20H2,1H3/t14-,15-/m1/s1. The third-order valence-electron chi connectivity index (χ3n) is 4.78. The van der Waals surface area contributed by atoms with E-state index in [1.807, 2.05) is 31.2 Å². The van der Waals surface area contributed by atoms with Gasteiger partial charge < -0.3 is 19.6 Å². The number of aryl methyl sites for hydroxylation is 2.